The Labute approximate surface area is 153 Å². The summed E-state index contributed by atoms with van der Waals surface area (Å²) in [7, 11) is 0. The zero-order valence-electron chi connectivity index (χ0n) is 14.9. The van der Waals surface area contributed by atoms with Crippen LogP contribution in [0.3, 0.4) is 0 Å². The van der Waals surface area contributed by atoms with Gasteiger partial charge in [0.15, 0.2) is 5.58 Å². The van der Waals surface area contributed by atoms with Crippen LogP contribution >= 0.6 is 0 Å². The second-order valence-corrected chi connectivity index (χ2v) is 6.92. The lowest BCUT2D eigenvalue weighted by Crippen LogP contribution is -2.39. The van der Waals surface area contributed by atoms with Gasteiger partial charge in [0.1, 0.15) is 5.52 Å². The number of piperidine rings is 1. The Hall–Kier alpha value is -2.82. The van der Waals surface area contributed by atoms with Crippen LogP contribution in [0.1, 0.15) is 28.8 Å². The Morgan fingerprint density at radius 3 is 2.65 bits per heavy atom. The Morgan fingerprint density at radius 2 is 1.88 bits per heavy atom. The quantitative estimate of drug-likeness (QED) is 0.779. The van der Waals surface area contributed by atoms with Crippen LogP contribution in [0.15, 0.2) is 52.9 Å². The Bertz CT molecular complexity index is 877. The fraction of sp³-hybridized carbons (Fsp3) is 0.333. The number of anilines is 1. The highest BCUT2D eigenvalue weighted by molar-refractivity contribution is 5.95. The molecule has 5 heteroatoms. The van der Waals surface area contributed by atoms with E-state index in [9.17, 15) is 4.79 Å². The summed E-state index contributed by atoms with van der Waals surface area (Å²) < 4.78 is 5.86. The Kier molecular flexibility index (Phi) is 4.61. The van der Waals surface area contributed by atoms with Crippen molar-refractivity contribution in [3.8, 4) is 0 Å². The average molecular weight is 349 g/mol. The number of oxazole rings is 1. The third-order valence-corrected chi connectivity index (χ3v) is 5.11. The van der Waals surface area contributed by atoms with E-state index in [4.69, 9.17) is 4.42 Å². The highest BCUT2D eigenvalue weighted by Gasteiger charge is 2.23. The van der Waals surface area contributed by atoms with Crippen molar-refractivity contribution in [1.29, 1.82) is 0 Å². The van der Waals surface area contributed by atoms with Crippen molar-refractivity contribution in [2.45, 2.75) is 19.8 Å². The maximum atomic E-state index is 12.3. The normalized spacial score (nSPS) is 15.3. The molecule has 0 unspecified atom stereocenters. The van der Waals surface area contributed by atoms with Gasteiger partial charge < -0.3 is 14.6 Å². The number of amides is 1. The number of benzene rings is 2. The van der Waals surface area contributed by atoms with Gasteiger partial charge in [-0.1, -0.05) is 30.3 Å². The van der Waals surface area contributed by atoms with Gasteiger partial charge in [0.25, 0.3) is 11.9 Å². The van der Waals surface area contributed by atoms with E-state index < -0.39 is 0 Å². The largest absolute Gasteiger partial charge is 0.423 e. The van der Waals surface area contributed by atoms with E-state index in [0.29, 0.717) is 18.5 Å². The third kappa shape index (κ3) is 3.43. The van der Waals surface area contributed by atoms with Crippen LogP contribution in [0, 0.1) is 12.8 Å². The fourth-order valence-electron chi connectivity index (χ4n) is 3.48. The molecule has 1 N–H and O–H groups in total. The summed E-state index contributed by atoms with van der Waals surface area (Å²) in [5, 5.41) is 3.09. The lowest BCUT2D eigenvalue weighted by Gasteiger charge is -2.30. The van der Waals surface area contributed by atoms with Gasteiger partial charge in [0, 0.05) is 25.2 Å². The first kappa shape index (κ1) is 16.6. The summed E-state index contributed by atoms with van der Waals surface area (Å²) in [6, 6.07) is 16.2. The molecule has 1 aliphatic heterocycles. The molecule has 3 aromatic rings. The van der Waals surface area contributed by atoms with Crippen LogP contribution in [-0.2, 0) is 0 Å². The number of hydrogen-bond acceptors (Lipinski definition) is 4. The van der Waals surface area contributed by atoms with Gasteiger partial charge in [-0.05, 0) is 49.4 Å². The molecular formula is C21H23N3O2. The standard InChI is InChI=1S/C21H23N3O2/c1-15-6-2-3-7-17(15)20(25)22-14-16-10-12-24(13-11-16)21-23-18-8-4-5-9-19(18)26-21/h2-9,16H,10-14H2,1H3,(H,22,25). The molecule has 2 heterocycles. The molecule has 0 bridgehead atoms. The molecule has 1 fully saturated rings. The summed E-state index contributed by atoms with van der Waals surface area (Å²) in [6.07, 6.45) is 2.04. The number of rotatable bonds is 4. The molecule has 1 saturated heterocycles. The Morgan fingerprint density at radius 1 is 1.15 bits per heavy atom. The number of fused-ring (bicyclic) bond motifs is 1. The summed E-state index contributed by atoms with van der Waals surface area (Å²) in [5.41, 5.74) is 3.50. The second-order valence-electron chi connectivity index (χ2n) is 6.92. The van der Waals surface area contributed by atoms with Gasteiger partial charge in [-0.15, -0.1) is 0 Å². The lowest BCUT2D eigenvalue weighted by molar-refractivity contribution is 0.0944. The number of carbonyl (C=O) groups excluding carboxylic acids is 1. The minimum absolute atomic E-state index is 0.0180. The zero-order chi connectivity index (χ0) is 17.9. The summed E-state index contributed by atoms with van der Waals surface area (Å²) in [4.78, 5) is 19.1. The maximum absolute atomic E-state index is 12.3. The van der Waals surface area contributed by atoms with Gasteiger partial charge in [-0.2, -0.15) is 4.98 Å². The number of nitrogens with zero attached hydrogens (tertiary/aromatic N) is 2. The van der Waals surface area contributed by atoms with Gasteiger partial charge in [-0.3, -0.25) is 4.79 Å². The predicted octanol–water partition coefficient (Wildman–Crippen LogP) is 3.78. The lowest BCUT2D eigenvalue weighted by atomic mass is 9.97. The van der Waals surface area contributed by atoms with Crippen molar-refractivity contribution in [2.24, 2.45) is 5.92 Å². The van der Waals surface area contributed by atoms with Crippen LogP contribution in [0.5, 0.6) is 0 Å². The molecule has 26 heavy (non-hydrogen) atoms. The molecule has 0 radical (unpaired) electrons. The fourth-order valence-corrected chi connectivity index (χ4v) is 3.48. The van der Waals surface area contributed by atoms with Crippen LogP contribution in [0.4, 0.5) is 6.01 Å². The zero-order valence-corrected chi connectivity index (χ0v) is 14.9. The molecule has 134 valence electrons. The van der Waals surface area contributed by atoms with Crippen LogP contribution in [0.25, 0.3) is 11.1 Å². The molecule has 0 aliphatic carbocycles. The minimum Gasteiger partial charge on any atom is -0.423 e. The molecule has 2 aromatic carbocycles. The molecule has 0 saturated carbocycles. The number of carbonyl (C=O) groups is 1. The number of aromatic nitrogens is 1. The van der Waals surface area contributed by atoms with E-state index in [1.54, 1.807) is 0 Å². The van der Waals surface area contributed by atoms with Gasteiger partial charge in [0.2, 0.25) is 0 Å². The third-order valence-electron chi connectivity index (χ3n) is 5.11. The topological polar surface area (TPSA) is 58.4 Å². The molecule has 0 atom stereocenters. The van der Waals surface area contributed by atoms with Crippen molar-refractivity contribution in [3.63, 3.8) is 0 Å². The van der Waals surface area contributed by atoms with Crippen LogP contribution < -0.4 is 10.2 Å². The smallest absolute Gasteiger partial charge is 0.298 e. The first-order chi connectivity index (χ1) is 12.7. The molecule has 4 rings (SSSR count). The highest BCUT2D eigenvalue weighted by atomic mass is 16.4. The summed E-state index contributed by atoms with van der Waals surface area (Å²) >= 11 is 0. The van der Waals surface area contributed by atoms with E-state index >= 15 is 0 Å². The number of para-hydroxylation sites is 2. The SMILES string of the molecule is Cc1ccccc1C(=O)NCC1CCN(c2nc3ccccc3o2)CC1. The number of nitrogens with one attached hydrogen (secondary N) is 1. The average Bonchev–Trinajstić information content (AvgIpc) is 3.11. The van der Waals surface area contributed by atoms with Crippen LogP contribution in [0.2, 0.25) is 0 Å². The van der Waals surface area contributed by atoms with E-state index in [1.165, 1.54) is 0 Å². The van der Waals surface area contributed by atoms with Gasteiger partial charge >= 0.3 is 0 Å². The van der Waals surface area contributed by atoms with Crippen molar-refractivity contribution < 1.29 is 9.21 Å². The Balaban J connectivity index is 1.31. The molecule has 1 aliphatic rings. The summed E-state index contributed by atoms with van der Waals surface area (Å²) in [6.45, 7) is 4.48. The van der Waals surface area contributed by atoms with E-state index in [0.717, 1.165) is 48.2 Å². The van der Waals surface area contributed by atoms with Crippen molar-refractivity contribution in [3.05, 3.63) is 59.7 Å². The second kappa shape index (κ2) is 7.20. The van der Waals surface area contributed by atoms with Gasteiger partial charge in [-0.25, -0.2) is 0 Å². The molecular weight excluding hydrogens is 326 g/mol. The highest BCUT2D eigenvalue weighted by Crippen LogP contribution is 2.26. The van der Waals surface area contributed by atoms with Crippen LogP contribution in [-0.4, -0.2) is 30.5 Å². The summed E-state index contributed by atoms with van der Waals surface area (Å²) in [5.74, 6) is 0.507. The molecule has 1 amide bonds. The van der Waals surface area contributed by atoms with Crippen molar-refractivity contribution >= 4 is 23.0 Å². The molecule has 1 aromatic heterocycles. The van der Waals surface area contributed by atoms with Gasteiger partial charge in [0.05, 0.1) is 0 Å². The molecule has 5 nitrogen and oxygen atoms in total. The maximum Gasteiger partial charge on any atom is 0.298 e. The number of aryl methyl sites for hydroxylation is 1. The molecule has 0 spiro atoms. The van der Waals surface area contributed by atoms with E-state index in [1.807, 2.05) is 55.5 Å². The predicted molar refractivity (Wildman–Crippen MR) is 102 cm³/mol. The van der Waals surface area contributed by atoms with Crippen molar-refractivity contribution in [1.82, 2.24) is 10.3 Å². The minimum atomic E-state index is 0.0180. The van der Waals surface area contributed by atoms with Crippen molar-refractivity contribution in [2.75, 3.05) is 24.5 Å². The van der Waals surface area contributed by atoms with E-state index in [2.05, 4.69) is 15.2 Å². The first-order valence-corrected chi connectivity index (χ1v) is 9.15. The first-order valence-electron chi connectivity index (χ1n) is 9.15. The monoisotopic (exact) mass is 349 g/mol. The van der Waals surface area contributed by atoms with E-state index in [-0.39, 0.29) is 5.91 Å². The number of hydrogen-bond donors (Lipinski definition) is 1.